The van der Waals surface area contributed by atoms with Crippen LogP contribution in [0.4, 0.5) is 5.00 Å². The van der Waals surface area contributed by atoms with Crippen molar-refractivity contribution < 1.29 is 9.53 Å². The second-order valence-corrected chi connectivity index (χ2v) is 5.86. The highest BCUT2D eigenvalue weighted by Gasteiger charge is 2.46. The summed E-state index contributed by atoms with van der Waals surface area (Å²) in [6.07, 6.45) is 1.13. The van der Waals surface area contributed by atoms with Crippen molar-refractivity contribution in [3.05, 3.63) is 11.3 Å². The first-order valence-corrected chi connectivity index (χ1v) is 6.63. The zero-order chi connectivity index (χ0) is 12.6. The van der Waals surface area contributed by atoms with Crippen molar-refractivity contribution in [2.24, 2.45) is 5.41 Å². The van der Waals surface area contributed by atoms with Crippen LogP contribution in [0.2, 0.25) is 0 Å². The Hall–Kier alpha value is -1.10. The predicted octanol–water partition coefficient (Wildman–Crippen LogP) is 2.84. The van der Waals surface area contributed by atoms with Gasteiger partial charge < -0.3 is 10.1 Å². The molecule has 94 valence electrons. The Kier molecular flexibility index (Phi) is 3.12. The number of nitrogens with zero attached hydrogens (tertiary/aromatic N) is 1. The van der Waals surface area contributed by atoms with Crippen LogP contribution in [0.1, 0.15) is 43.2 Å². The summed E-state index contributed by atoms with van der Waals surface area (Å²) in [7, 11) is 0. The van der Waals surface area contributed by atoms with E-state index in [4.69, 9.17) is 4.74 Å². The molecular weight excluding hydrogens is 236 g/mol. The molecule has 1 aromatic heterocycles. The highest BCUT2D eigenvalue weighted by Crippen LogP contribution is 2.47. The average molecular weight is 254 g/mol. The number of anilines is 1. The maximum Gasteiger partial charge on any atom is 0.343 e. The zero-order valence-electron chi connectivity index (χ0n) is 10.7. The summed E-state index contributed by atoms with van der Waals surface area (Å²) in [6, 6.07) is 0.440. The van der Waals surface area contributed by atoms with E-state index in [0.717, 1.165) is 17.1 Å². The van der Waals surface area contributed by atoms with Crippen LogP contribution in [0.3, 0.4) is 0 Å². The van der Waals surface area contributed by atoms with E-state index in [1.54, 1.807) is 0 Å². The van der Waals surface area contributed by atoms with Gasteiger partial charge in [-0.15, -0.1) is 0 Å². The maximum absolute atomic E-state index is 11.8. The van der Waals surface area contributed by atoms with Gasteiger partial charge in [-0.2, -0.15) is 4.37 Å². The molecule has 0 spiro atoms. The van der Waals surface area contributed by atoms with Crippen LogP contribution in [-0.2, 0) is 4.74 Å². The van der Waals surface area contributed by atoms with E-state index in [-0.39, 0.29) is 5.97 Å². The van der Waals surface area contributed by atoms with Crippen molar-refractivity contribution in [2.75, 3.05) is 11.9 Å². The number of esters is 1. The predicted molar refractivity (Wildman–Crippen MR) is 68.6 cm³/mol. The Morgan fingerprint density at radius 3 is 2.82 bits per heavy atom. The van der Waals surface area contributed by atoms with Crippen LogP contribution in [0.25, 0.3) is 0 Å². The number of nitrogens with one attached hydrogen (secondary N) is 1. The standard InChI is InChI=1S/C12H18N2O2S/c1-5-16-11(15)9-7(2)14-17-10(9)13-8-6-12(8,3)4/h8,13H,5-6H2,1-4H3. The number of hydrogen-bond acceptors (Lipinski definition) is 5. The number of aromatic nitrogens is 1. The number of carbonyl (C=O) groups excluding carboxylic acids is 1. The summed E-state index contributed by atoms with van der Waals surface area (Å²) in [5.41, 5.74) is 1.66. The first-order valence-electron chi connectivity index (χ1n) is 5.85. The summed E-state index contributed by atoms with van der Waals surface area (Å²) in [6.45, 7) is 8.46. The van der Waals surface area contributed by atoms with Crippen LogP contribution in [0.15, 0.2) is 0 Å². The Morgan fingerprint density at radius 2 is 2.29 bits per heavy atom. The third-order valence-corrected chi connectivity index (χ3v) is 4.03. The molecule has 1 atom stereocenters. The number of hydrogen-bond donors (Lipinski definition) is 1. The van der Waals surface area contributed by atoms with Gasteiger partial charge in [0.25, 0.3) is 0 Å². The average Bonchev–Trinajstić information content (AvgIpc) is 2.67. The van der Waals surface area contributed by atoms with Gasteiger partial charge in [-0.05, 0) is 37.2 Å². The first kappa shape index (κ1) is 12.4. The SMILES string of the molecule is CCOC(=O)c1c(C)nsc1NC1CC1(C)C. The number of rotatable bonds is 4. The highest BCUT2D eigenvalue weighted by molar-refractivity contribution is 7.10. The van der Waals surface area contributed by atoms with Crippen molar-refractivity contribution in [3.63, 3.8) is 0 Å². The second-order valence-electron chi connectivity index (χ2n) is 5.08. The molecule has 1 aliphatic carbocycles. The quantitative estimate of drug-likeness (QED) is 0.839. The van der Waals surface area contributed by atoms with E-state index in [1.807, 2.05) is 13.8 Å². The lowest BCUT2D eigenvalue weighted by molar-refractivity contribution is 0.0527. The van der Waals surface area contributed by atoms with Gasteiger partial charge in [0.15, 0.2) is 0 Å². The van der Waals surface area contributed by atoms with Crippen LogP contribution in [0.5, 0.6) is 0 Å². The fraction of sp³-hybridized carbons (Fsp3) is 0.667. The fourth-order valence-corrected chi connectivity index (χ4v) is 2.62. The second kappa shape index (κ2) is 4.29. The molecule has 0 aliphatic heterocycles. The van der Waals surface area contributed by atoms with Crippen LogP contribution < -0.4 is 5.32 Å². The monoisotopic (exact) mass is 254 g/mol. The molecule has 0 radical (unpaired) electrons. The minimum Gasteiger partial charge on any atom is -0.462 e. The number of ether oxygens (including phenoxy) is 1. The molecule has 1 fully saturated rings. The van der Waals surface area contributed by atoms with Crippen LogP contribution >= 0.6 is 11.5 Å². The maximum atomic E-state index is 11.8. The van der Waals surface area contributed by atoms with Gasteiger partial charge in [0.05, 0.1) is 12.3 Å². The molecule has 1 unspecified atom stereocenters. The Bertz CT molecular complexity index is 440. The van der Waals surface area contributed by atoms with Crippen molar-refractivity contribution in [2.45, 2.75) is 40.2 Å². The van der Waals surface area contributed by atoms with Crippen molar-refractivity contribution in [1.82, 2.24) is 4.37 Å². The molecule has 1 N–H and O–H groups in total. The topological polar surface area (TPSA) is 51.2 Å². The van der Waals surface area contributed by atoms with Crippen LogP contribution in [-0.4, -0.2) is 23.0 Å². The van der Waals surface area contributed by atoms with E-state index < -0.39 is 0 Å². The first-order chi connectivity index (χ1) is 7.95. The van der Waals surface area contributed by atoms with Gasteiger partial charge in [0.1, 0.15) is 10.6 Å². The van der Waals surface area contributed by atoms with Gasteiger partial charge in [-0.3, -0.25) is 0 Å². The van der Waals surface area contributed by atoms with Crippen LogP contribution in [0, 0.1) is 12.3 Å². The summed E-state index contributed by atoms with van der Waals surface area (Å²) in [5, 5.41) is 4.23. The number of aryl methyl sites for hydroxylation is 1. The van der Waals surface area contributed by atoms with Gasteiger partial charge in [-0.25, -0.2) is 4.79 Å². The molecule has 4 nitrogen and oxygen atoms in total. The van der Waals surface area contributed by atoms with Crippen molar-refractivity contribution in [1.29, 1.82) is 0 Å². The molecule has 0 aromatic carbocycles. The molecule has 1 heterocycles. The van der Waals surface area contributed by atoms with Gasteiger partial charge in [0, 0.05) is 6.04 Å². The van der Waals surface area contributed by atoms with E-state index in [2.05, 4.69) is 23.5 Å². The molecule has 0 bridgehead atoms. The normalized spacial score (nSPS) is 21.1. The molecular formula is C12H18N2O2S. The van der Waals surface area contributed by atoms with Crippen molar-refractivity contribution in [3.8, 4) is 0 Å². The fourth-order valence-electron chi connectivity index (χ4n) is 1.78. The summed E-state index contributed by atoms with van der Waals surface area (Å²) >= 11 is 1.34. The minimum atomic E-state index is -0.278. The smallest absolute Gasteiger partial charge is 0.343 e. The largest absolute Gasteiger partial charge is 0.462 e. The zero-order valence-corrected chi connectivity index (χ0v) is 11.5. The number of carbonyl (C=O) groups is 1. The Morgan fingerprint density at radius 1 is 1.65 bits per heavy atom. The summed E-state index contributed by atoms with van der Waals surface area (Å²) < 4.78 is 9.28. The third kappa shape index (κ3) is 2.44. The van der Waals surface area contributed by atoms with E-state index in [1.165, 1.54) is 11.5 Å². The summed E-state index contributed by atoms with van der Waals surface area (Å²) in [4.78, 5) is 11.8. The van der Waals surface area contributed by atoms with Crippen molar-refractivity contribution >= 4 is 22.5 Å². The van der Waals surface area contributed by atoms with Gasteiger partial charge >= 0.3 is 5.97 Å². The minimum absolute atomic E-state index is 0.278. The molecule has 2 rings (SSSR count). The molecule has 0 amide bonds. The molecule has 0 saturated heterocycles. The Labute approximate surface area is 106 Å². The molecule has 1 aromatic rings. The molecule has 1 aliphatic rings. The van der Waals surface area contributed by atoms with Gasteiger partial charge in [-0.1, -0.05) is 13.8 Å². The van der Waals surface area contributed by atoms with E-state index in [0.29, 0.717) is 23.6 Å². The molecule has 5 heteroatoms. The Balaban J connectivity index is 2.15. The van der Waals surface area contributed by atoms with E-state index >= 15 is 0 Å². The third-order valence-electron chi connectivity index (χ3n) is 3.16. The lowest BCUT2D eigenvalue weighted by atomic mass is 10.2. The lowest BCUT2D eigenvalue weighted by Gasteiger charge is -2.08. The summed E-state index contributed by atoms with van der Waals surface area (Å²) in [5.74, 6) is -0.278. The highest BCUT2D eigenvalue weighted by atomic mass is 32.1. The lowest BCUT2D eigenvalue weighted by Crippen LogP contribution is -2.12. The van der Waals surface area contributed by atoms with Gasteiger partial charge in [0.2, 0.25) is 0 Å². The molecule has 17 heavy (non-hydrogen) atoms. The molecule has 1 saturated carbocycles. The van der Waals surface area contributed by atoms with E-state index in [9.17, 15) is 4.79 Å².